The summed E-state index contributed by atoms with van der Waals surface area (Å²) in [7, 11) is 0. The SMILES string of the molecule is CC(C)(C)OC(=O)NC1CCCCC1CCC1(OC(F)(F)F)NCCc2ccccc21. The van der Waals surface area contributed by atoms with Crippen molar-refractivity contribution in [3.05, 3.63) is 35.4 Å². The van der Waals surface area contributed by atoms with E-state index in [-0.39, 0.29) is 18.4 Å². The number of ether oxygens (including phenoxy) is 2. The lowest BCUT2D eigenvalue weighted by molar-refractivity contribution is -0.379. The molecule has 2 N–H and O–H groups in total. The summed E-state index contributed by atoms with van der Waals surface area (Å²) in [5, 5.41) is 5.97. The van der Waals surface area contributed by atoms with Crippen molar-refractivity contribution in [3.8, 4) is 0 Å². The van der Waals surface area contributed by atoms with E-state index in [1.165, 1.54) is 0 Å². The number of halogens is 3. The van der Waals surface area contributed by atoms with E-state index in [1.54, 1.807) is 32.9 Å². The number of hydrogen-bond acceptors (Lipinski definition) is 4. The van der Waals surface area contributed by atoms with Gasteiger partial charge < -0.3 is 10.1 Å². The van der Waals surface area contributed by atoms with Gasteiger partial charge in [0.2, 0.25) is 0 Å². The van der Waals surface area contributed by atoms with Crippen LogP contribution in [0.1, 0.15) is 70.4 Å². The third-order valence-corrected chi connectivity index (χ3v) is 6.03. The van der Waals surface area contributed by atoms with Crippen molar-refractivity contribution in [2.75, 3.05) is 6.54 Å². The van der Waals surface area contributed by atoms with Gasteiger partial charge in [-0.25, -0.2) is 4.79 Å². The summed E-state index contributed by atoms with van der Waals surface area (Å²) in [6, 6.07) is 7.03. The molecule has 5 nitrogen and oxygen atoms in total. The highest BCUT2D eigenvalue weighted by atomic mass is 19.4. The number of hydrogen-bond donors (Lipinski definition) is 2. The average Bonchev–Trinajstić information content (AvgIpc) is 2.65. The lowest BCUT2D eigenvalue weighted by Crippen LogP contribution is -2.52. The van der Waals surface area contributed by atoms with Gasteiger partial charge in [0.25, 0.3) is 0 Å². The van der Waals surface area contributed by atoms with Gasteiger partial charge >= 0.3 is 12.5 Å². The van der Waals surface area contributed by atoms with Crippen molar-refractivity contribution < 1.29 is 27.4 Å². The molecule has 0 bridgehead atoms. The van der Waals surface area contributed by atoms with Crippen molar-refractivity contribution in [2.24, 2.45) is 5.92 Å². The Balaban J connectivity index is 1.75. The Bertz CT molecular complexity index is 763. The van der Waals surface area contributed by atoms with Crippen molar-refractivity contribution in [3.63, 3.8) is 0 Å². The van der Waals surface area contributed by atoms with E-state index in [4.69, 9.17) is 9.47 Å². The Kier molecular flexibility index (Phi) is 7.21. The number of alkyl carbamates (subject to hydrolysis) is 1. The minimum absolute atomic E-state index is 0.0610. The molecule has 0 aromatic heterocycles. The lowest BCUT2D eigenvalue weighted by atomic mass is 9.78. The topological polar surface area (TPSA) is 59.6 Å². The molecule has 2 aliphatic rings. The van der Waals surface area contributed by atoms with Crippen molar-refractivity contribution in [1.82, 2.24) is 10.6 Å². The summed E-state index contributed by atoms with van der Waals surface area (Å²) in [6.45, 7) is 5.82. The Hall–Kier alpha value is -1.80. The van der Waals surface area contributed by atoms with Gasteiger partial charge in [0.05, 0.1) is 0 Å². The largest absolute Gasteiger partial charge is 0.524 e. The number of fused-ring (bicyclic) bond motifs is 1. The number of amides is 1. The highest BCUT2D eigenvalue weighted by molar-refractivity contribution is 5.68. The van der Waals surface area contributed by atoms with Gasteiger partial charge in [-0.05, 0) is 64.4 Å². The summed E-state index contributed by atoms with van der Waals surface area (Å²) >= 11 is 0. The Morgan fingerprint density at radius 1 is 1.19 bits per heavy atom. The first kappa shape index (κ1) is 23.9. The first-order valence-electron chi connectivity index (χ1n) is 11.1. The maximum absolute atomic E-state index is 13.4. The molecule has 3 atom stereocenters. The Labute approximate surface area is 182 Å². The first-order chi connectivity index (χ1) is 14.5. The molecular weight excluding hydrogens is 409 g/mol. The highest BCUT2D eigenvalue weighted by Gasteiger charge is 2.47. The van der Waals surface area contributed by atoms with Crippen LogP contribution >= 0.6 is 0 Å². The van der Waals surface area contributed by atoms with Gasteiger partial charge in [0, 0.05) is 18.2 Å². The van der Waals surface area contributed by atoms with Crippen LogP contribution in [0, 0.1) is 5.92 Å². The molecule has 1 aliphatic heterocycles. The van der Waals surface area contributed by atoms with Gasteiger partial charge in [-0.3, -0.25) is 10.1 Å². The number of carbonyl (C=O) groups is 1. The minimum atomic E-state index is -4.77. The van der Waals surface area contributed by atoms with Crippen LogP contribution in [0.2, 0.25) is 0 Å². The van der Waals surface area contributed by atoms with E-state index in [1.807, 2.05) is 12.1 Å². The van der Waals surface area contributed by atoms with Gasteiger partial charge in [-0.2, -0.15) is 0 Å². The lowest BCUT2D eigenvalue weighted by Gasteiger charge is -2.42. The molecule has 1 aromatic carbocycles. The molecule has 1 saturated carbocycles. The van der Waals surface area contributed by atoms with Crippen LogP contribution in [0.15, 0.2) is 24.3 Å². The summed E-state index contributed by atoms with van der Waals surface area (Å²) in [4.78, 5) is 12.3. The Morgan fingerprint density at radius 3 is 2.61 bits per heavy atom. The maximum Gasteiger partial charge on any atom is 0.524 e. The molecule has 3 rings (SSSR count). The predicted octanol–water partition coefficient (Wildman–Crippen LogP) is 5.39. The fraction of sp³-hybridized carbons (Fsp3) is 0.696. The summed E-state index contributed by atoms with van der Waals surface area (Å²) in [5.74, 6) is 0.0610. The summed E-state index contributed by atoms with van der Waals surface area (Å²) in [5.41, 5.74) is -0.793. The molecule has 0 saturated heterocycles. The monoisotopic (exact) mass is 442 g/mol. The van der Waals surface area contributed by atoms with Crippen LogP contribution in [-0.2, 0) is 21.6 Å². The maximum atomic E-state index is 13.4. The highest BCUT2D eigenvalue weighted by Crippen LogP contribution is 2.41. The van der Waals surface area contributed by atoms with Crippen LogP contribution < -0.4 is 10.6 Å². The van der Waals surface area contributed by atoms with Gasteiger partial charge in [-0.15, -0.1) is 13.2 Å². The molecular formula is C23H33F3N2O3. The second-order valence-electron chi connectivity index (χ2n) is 9.54. The van der Waals surface area contributed by atoms with Crippen molar-refractivity contribution >= 4 is 6.09 Å². The Morgan fingerprint density at radius 2 is 1.90 bits per heavy atom. The second kappa shape index (κ2) is 9.36. The van der Waals surface area contributed by atoms with E-state index in [0.29, 0.717) is 24.9 Å². The van der Waals surface area contributed by atoms with Crippen LogP contribution in [-0.4, -0.2) is 30.6 Å². The van der Waals surface area contributed by atoms with Crippen LogP contribution in [0.4, 0.5) is 18.0 Å². The van der Waals surface area contributed by atoms with Crippen molar-refractivity contribution in [2.45, 2.75) is 89.4 Å². The standard InChI is InChI=1S/C23H33F3N2O3/c1-21(2,3)30-20(29)28-19-11-7-5-9-17(19)12-14-22(31-23(24,25)26)18-10-6-4-8-16(18)13-15-27-22/h4,6,8,10,17,19,27H,5,7,9,11-15H2,1-3H3,(H,28,29). The van der Waals surface area contributed by atoms with E-state index < -0.39 is 23.8 Å². The van der Waals surface area contributed by atoms with Gasteiger partial charge in [-0.1, -0.05) is 37.1 Å². The number of benzene rings is 1. The molecule has 174 valence electrons. The summed E-state index contributed by atoms with van der Waals surface area (Å²) < 4.78 is 50.4. The van der Waals surface area contributed by atoms with E-state index >= 15 is 0 Å². The molecule has 1 amide bonds. The van der Waals surface area contributed by atoms with E-state index in [0.717, 1.165) is 31.2 Å². The molecule has 1 aliphatic carbocycles. The third kappa shape index (κ3) is 6.59. The molecule has 1 fully saturated rings. The molecule has 8 heteroatoms. The first-order valence-corrected chi connectivity index (χ1v) is 11.1. The smallest absolute Gasteiger partial charge is 0.444 e. The number of nitrogens with one attached hydrogen (secondary N) is 2. The zero-order chi connectivity index (χ0) is 22.7. The quantitative estimate of drug-likeness (QED) is 0.642. The number of rotatable bonds is 5. The van der Waals surface area contributed by atoms with E-state index in [9.17, 15) is 18.0 Å². The number of alkyl halides is 3. The molecule has 3 unspecified atom stereocenters. The number of carbonyl (C=O) groups excluding carboxylic acids is 1. The normalized spacial score (nSPS) is 26.8. The molecule has 1 aromatic rings. The second-order valence-corrected chi connectivity index (χ2v) is 9.54. The third-order valence-electron chi connectivity index (χ3n) is 6.03. The van der Waals surface area contributed by atoms with Gasteiger partial charge in [0.15, 0.2) is 5.72 Å². The molecule has 31 heavy (non-hydrogen) atoms. The molecule has 0 radical (unpaired) electrons. The molecule has 0 spiro atoms. The average molecular weight is 443 g/mol. The zero-order valence-electron chi connectivity index (χ0n) is 18.5. The minimum Gasteiger partial charge on any atom is -0.444 e. The fourth-order valence-corrected chi connectivity index (χ4v) is 4.78. The molecule has 1 heterocycles. The van der Waals surface area contributed by atoms with Crippen LogP contribution in [0.3, 0.4) is 0 Å². The van der Waals surface area contributed by atoms with Crippen molar-refractivity contribution in [1.29, 1.82) is 0 Å². The van der Waals surface area contributed by atoms with Crippen LogP contribution in [0.5, 0.6) is 0 Å². The van der Waals surface area contributed by atoms with E-state index in [2.05, 4.69) is 10.6 Å². The summed E-state index contributed by atoms with van der Waals surface area (Å²) in [6.07, 6.45) is -0.309. The zero-order valence-corrected chi connectivity index (χ0v) is 18.5. The predicted molar refractivity (Wildman–Crippen MR) is 111 cm³/mol. The van der Waals surface area contributed by atoms with Crippen LogP contribution in [0.25, 0.3) is 0 Å². The fourth-order valence-electron chi connectivity index (χ4n) is 4.78. The van der Waals surface area contributed by atoms with Gasteiger partial charge in [0.1, 0.15) is 5.60 Å².